The Labute approximate surface area is 123 Å². The van der Waals surface area contributed by atoms with Crippen molar-refractivity contribution in [2.45, 2.75) is 6.18 Å². The second-order valence-electron chi connectivity index (χ2n) is 4.50. The molecule has 0 amide bonds. The van der Waals surface area contributed by atoms with Crippen LogP contribution < -0.4 is 16.8 Å². The minimum atomic E-state index is -4.68. The highest BCUT2D eigenvalue weighted by Gasteiger charge is 2.35. The van der Waals surface area contributed by atoms with Gasteiger partial charge in [-0.15, -0.1) is 0 Å². The summed E-state index contributed by atoms with van der Waals surface area (Å²) in [5.41, 5.74) is 9.59. The highest BCUT2D eigenvalue weighted by atomic mass is 19.4. The maximum atomic E-state index is 13.1. The Morgan fingerprint density at radius 2 is 1.91 bits per heavy atom. The van der Waals surface area contributed by atoms with E-state index in [9.17, 15) is 18.3 Å². The second kappa shape index (κ2) is 5.47. The van der Waals surface area contributed by atoms with Gasteiger partial charge in [0.05, 0.1) is 16.8 Å². The van der Waals surface area contributed by atoms with Crippen LogP contribution in [0.4, 0.5) is 13.2 Å². The number of phenolic OH excluding ortho intramolecular Hbond substituents is 1. The molecule has 0 aromatic heterocycles. The largest absolute Gasteiger partial charge is 0.507 e. The quantitative estimate of drug-likeness (QED) is 0.425. The third kappa shape index (κ3) is 2.76. The molecule has 0 spiro atoms. The molecule has 0 radical (unpaired) electrons. The van der Waals surface area contributed by atoms with Gasteiger partial charge in [-0.05, 0) is 18.2 Å². The molecule has 0 fully saturated rings. The summed E-state index contributed by atoms with van der Waals surface area (Å²) in [5.74, 6) is -0.964. The molecule has 0 aliphatic carbocycles. The van der Waals surface area contributed by atoms with Gasteiger partial charge in [-0.1, -0.05) is 6.07 Å². The van der Waals surface area contributed by atoms with E-state index in [1.807, 2.05) is 0 Å². The fourth-order valence-corrected chi connectivity index (χ4v) is 2.08. The van der Waals surface area contributed by atoms with Crippen LogP contribution in [0.15, 0.2) is 47.8 Å². The number of allylic oxidation sites excluding steroid dienone is 1. The highest BCUT2D eigenvalue weighted by Crippen LogP contribution is 2.39. The van der Waals surface area contributed by atoms with Crippen molar-refractivity contribution < 1.29 is 18.3 Å². The fourth-order valence-electron chi connectivity index (χ4n) is 2.08. The molecule has 0 saturated heterocycles. The molecule has 1 aliphatic heterocycles. The van der Waals surface area contributed by atoms with Crippen LogP contribution in [0.5, 0.6) is 5.75 Å². The number of dihydropyridines is 1. The third-order valence-electron chi connectivity index (χ3n) is 3.06. The maximum Gasteiger partial charge on any atom is 0.417 e. The lowest BCUT2D eigenvalue weighted by molar-refractivity contribution is -0.137. The van der Waals surface area contributed by atoms with E-state index in [0.29, 0.717) is 0 Å². The predicted octanol–water partition coefficient (Wildman–Crippen LogP) is 2.02. The molecule has 7 N–H and O–H groups in total. The standard InChI is InChI=1S/C14H13F3N4O/c15-14(16,17)9-2-1-3-10(22)11(9)12(18)7-4-5-21-6-8(7)13(19)20/h1-6,21-22H,18H2,(H3,19,20)/b12-7-. The summed E-state index contributed by atoms with van der Waals surface area (Å²) in [6, 6.07) is 3.02. The first-order chi connectivity index (χ1) is 10.2. The van der Waals surface area contributed by atoms with Gasteiger partial charge < -0.3 is 21.9 Å². The minimum Gasteiger partial charge on any atom is -0.507 e. The first-order valence-corrected chi connectivity index (χ1v) is 6.10. The number of halogens is 3. The van der Waals surface area contributed by atoms with Crippen molar-refractivity contribution >= 4 is 11.5 Å². The van der Waals surface area contributed by atoms with E-state index in [1.54, 1.807) is 0 Å². The van der Waals surface area contributed by atoms with Crippen LogP contribution in [0.3, 0.4) is 0 Å². The van der Waals surface area contributed by atoms with Gasteiger partial charge in [0, 0.05) is 23.5 Å². The number of benzene rings is 1. The molecule has 0 unspecified atom stereocenters. The number of hydrogen-bond acceptors (Lipinski definition) is 4. The van der Waals surface area contributed by atoms with E-state index in [1.165, 1.54) is 18.5 Å². The van der Waals surface area contributed by atoms with Crippen LogP contribution in [0.2, 0.25) is 0 Å². The van der Waals surface area contributed by atoms with Gasteiger partial charge in [-0.25, -0.2) is 0 Å². The average Bonchev–Trinajstić information content (AvgIpc) is 2.45. The smallest absolute Gasteiger partial charge is 0.417 e. The van der Waals surface area contributed by atoms with Crippen LogP contribution in [0.1, 0.15) is 11.1 Å². The van der Waals surface area contributed by atoms with Gasteiger partial charge in [0.1, 0.15) is 11.6 Å². The molecule has 2 rings (SSSR count). The zero-order valence-corrected chi connectivity index (χ0v) is 11.2. The Hall–Kier alpha value is -2.90. The van der Waals surface area contributed by atoms with Crippen molar-refractivity contribution in [2.75, 3.05) is 0 Å². The van der Waals surface area contributed by atoms with Crippen LogP contribution in [0, 0.1) is 5.41 Å². The predicted molar refractivity (Wildman–Crippen MR) is 76.5 cm³/mol. The van der Waals surface area contributed by atoms with Crippen LogP contribution in [0.25, 0.3) is 5.70 Å². The Kier molecular flexibility index (Phi) is 3.85. The SMILES string of the molecule is N=C(N)C1=CNC=C/C1=C(/N)c1c(O)cccc1C(F)(F)F. The van der Waals surface area contributed by atoms with E-state index in [-0.39, 0.29) is 22.7 Å². The lowest BCUT2D eigenvalue weighted by Crippen LogP contribution is -2.21. The zero-order valence-electron chi connectivity index (χ0n) is 11.2. The number of nitrogens with one attached hydrogen (secondary N) is 2. The van der Waals surface area contributed by atoms with Crippen LogP contribution in [-0.4, -0.2) is 10.9 Å². The normalized spacial score (nSPS) is 16.8. The summed E-state index contributed by atoms with van der Waals surface area (Å²) in [5, 5.41) is 20.0. The molecule has 0 saturated carbocycles. The third-order valence-corrected chi connectivity index (χ3v) is 3.06. The molecule has 0 atom stereocenters. The van der Waals surface area contributed by atoms with E-state index in [0.717, 1.165) is 18.2 Å². The van der Waals surface area contributed by atoms with Crippen LogP contribution >= 0.6 is 0 Å². The van der Waals surface area contributed by atoms with Gasteiger partial charge in [-0.2, -0.15) is 13.2 Å². The number of phenols is 1. The van der Waals surface area contributed by atoms with Crippen molar-refractivity contribution in [1.29, 1.82) is 5.41 Å². The first kappa shape index (κ1) is 15.5. The monoisotopic (exact) mass is 310 g/mol. The summed E-state index contributed by atoms with van der Waals surface area (Å²) in [6.45, 7) is 0. The zero-order chi connectivity index (χ0) is 16.5. The van der Waals surface area contributed by atoms with Crippen molar-refractivity contribution in [3.05, 3.63) is 58.9 Å². The molecule has 1 aliphatic rings. The molecule has 22 heavy (non-hydrogen) atoms. The fraction of sp³-hybridized carbons (Fsp3) is 0.0714. The Bertz CT molecular complexity index is 717. The van der Waals surface area contributed by atoms with Gasteiger partial charge in [0.2, 0.25) is 0 Å². The van der Waals surface area contributed by atoms with Crippen LogP contribution in [-0.2, 0) is 6.18 Å². The molecular weight excluding hydrogens is 297 g/mol. The van der Waals surface area contributed by atoms with E-state index in [4.69, 9.17) is 16.9 Å². The van der Waals surface area contributed by atoms with Crippen molar-refractivity contribution in [2.24, 2.45) is 11.5 Å². The summed E-state index contributed by atoms with van der Waals surface area (Å²) >= 11 is 0. The van der Waals surface area contributed by atoms with Gasteiger partial charge in [0.25, 0.3) is 0 Å². The molecule has 1 aromatic rings. The number of nitrogens with two attached hydrogens (primary N) is 2. The summed E-state index contributed by atoms with van der Waals surface area (Å²) in [6.07, 6.45) is -0.520. The summed E-state index contributed by atoms with van der Waals surface area (Å²) in [4.78, 5) is 0. The number of amidine groups is 1. The lowest BCUT2D eigenvalue weighted by atomic mass is 9.94. The Balaban J connectivity index is 2.73. The molecule has 0 bridgehead atoms. The second-order valence-corrected chi connectivity index (χ2v) is 4.50. The topological polar surface area (TPSA) is 108 Å². The van der Waals surface area contributed by atoms with Crippen molar-refractivity contribution in [3.63, 3.8) is 0 Å². The van der Waals surface area contributed by atoms with Gasteiger partial charge in [-0.3, -0.25) is 5.41 Å². The minimum absolute atomic E-state index is 0.123. The van der Waals surface area contributed by atoms with E-state index >= 15 is 0 Å². The number of hydrogen-bond donors (Lipinski definition) is 5. The number of aromatic hydroxyl groups is 1. The molecule has 1 aromatic carbocycles. The molecule has 5 nitrogen and oxygen atoms in total. The van der Waals surface area contributed by atoms with Crippen molar-refractivity contribution in [1.82, 2.24) is 5.32 Å². The number of alkyl halides is 3. The molecule has 116 valence electrons. The van der Waals surface area contributed by atoms with Gasteiger partial charge >= 0.3 is 6.18 Å². The Morgan fingerprint density at radius 3 is 2.50 bits per heavy atom. The maximum absolute atomic E-state index is 13.1. The average molecular weight is 310 g/mol. The van der Waals surface area contributed by atoms with Crippen molar-refractivity contribution in [3.8, 4) is 5.75 Å². The molecule has 8 heteroatoms. The molecular formula is C14H13F3N4O. The van der Waals surface area contributed by atoms with E-state index < -0.39 is 23.1 Å². The van der Waals surface area contributed by atoms with E-state index in [2.05, 4.69) is 5.32 Å². The Morgan fingerprint density at radius 1 is 1.23 bits per heavy atom. The molecule has 1 heterocycles. The lowest BCUT2D eigenvalue weighted by Gasteiger charge is -2.19. The summed E-state index contributed by atoms with van der Waals surface area (Å²) in [7, 11) is 0. The highest BCUT2D eigenvalue weighted by molar-refractivity contribution is 6.02. The first-order valence-electron chi connectivity index (χ1n) is 6.10. The van der Waals surface area contributed by atoms with Gasteiger partial charge in [0.15, 0.2) is 0 Å². The number of rotatable bonds is 2. The summed E-state index contributed by atoms with van der Waals surface area (Å²) < 4.78 is 39.3.